The Morgan fingerprint density at radius 3 is 2.20 bits per heavy atom. The van der Waals surface area contributed by atoms with Crippen LogP contribution in [0, 0.1) is 0 Å². The Labute approximate surface area is 121 Å². The molecule has 2 aromatic rings. The molecule has 0 spiro atoms. The minimum atomic E-state index is 0.140. The first-order valence-corrected chi connectivity index (χ1v) is 6.88. The van der Waals surface area contributed by atoms with Crippen molar-refractivity contribution < 1.29 is 0 Å². The van der Waals surface area contributed by atoms with Gasteiger partial charge in [-0.05, 0) is 34.7 Å². The fourth-order valence-electron chi connectivity index (χ4n) is 2.03. The molecular formula is C17H23N3. The third-order valence-corrected chi connectivity index (χ3v) is 3.40. The van der Waals surface area contributed by atoms with E-state index in [1.54, 1.807) is 0 Å². The number of nitrogens with two attached hydrogens (primary N) is 1. The van der Waals surface area contributed by atoms with E-state index in [2.05, 4.69) is 62.0 Å². The van der Waals surface area contributed by atoms with Gasteiger partial charge in [0.05, 0.1) is 0 Å². The van der Waals surface area contributed by atoms with Gasteiger partial charge in [0.1, 0.15) is 5.82 Å². The molecule has 0 saturated carbocycles. The van der Waals surface area contributed by atoms with Crippen LogP contribution in [-0.2, 0) is 12.0 Å². The number of anilines is 2. The van der Waals surface area contributed by atoms with Gasteiger partial charge in [0.15, 0.2) is 0 Å². The summed E-state index contributed by atoms with van der Waals surface area (Å²) in [5.74, 6) is 0.981. The lowest BCUT2D eigenvalue weighted by Crippen LogP contribution is -2.18. The lowest BCUT2D eigenvalue weighted by Gasteiger charge is -2.22. The Morgan fingerprint density at radius 1 is 1.05 bits per heavy atom. The van der Waals surface area contributed by atoms with E-state index < -0.39 is 0 Å². The van der Waals surface area contributed by atoms with Gasteiger partial charge in [-0.25, -0.2) is 4.98 Å². The highest BCUT2D eigenvalue weighted by Gasteiger charge is 2.14. The number of nitrogen functional groups attached to an aromatic ring is 1. The zero-order chi connectivity index (χ0) is 14.8. The van der Waals surface area contributed by atoms with Gasteiger partial charge in [0.2, 0.25) is 0 Å². The minimum absolute atomic E-state index is 0.140. The molecule has 1 aromatic carbocycles. The molecule has 2 N–H and O–H groups in total. The predicted octanol–water partition coefficient (Wildman–Crippen LogP) is 3.60. The highest BCUT2D eigenvalue weighted by molar-refractivity contribution is 5.43. The third-order valence-electron chi connectivity index (χ3n) is 3.40. The SMILES string of the molecule is CN(Cc1ccc(N)cc1)c1ccc(C(C)(C)C)cn1. The molecule has 0 amide bonds. The van der Waals surface area contributed by atoms with Gasteiger partial charge in [-0.2, -0.15) is 0 Å². The maximum atomic E-state index is 5.70. The van der Waals surface area contributed by atoms with Crippen molar-refractivity contribution in [2.75, 3.05) is 17.7 Å². The van der Waals surface area contributed by atoms with Gasteiger partial charge in [0, 0.05) is 25.5 Å². The van der Waals surface area contributed by atoms with Crippen molar-refractivity contribution in [3.05, 3.63) is 53.7 Å². The summed E-state index contributed by atoms with van der Waals surface area (Å²) in [6.07, 6.45) is 1.97. The second kappa shape index (κ2) is 5.53. The summed E-state index contributed by atoms with van der Waals surface area (Å²) in [5, 5.41) is 0. The number of benzene rings is 1. The van der Waals surface area contributed by atoms with Crippen LogP contribution in [0.25, 0.3) is 0 Å². The Kier molecular flexibility index (Phi) is 3.98. The van der Waals surface area contributed by atoms with Crippen molar-refractivity contribution >= 4 is 11.5 Å². The maximum Gasteiger partial charge on any atom is 0.128 e. The van der Waals surface area contributed by atoms with Gasteiger partial charge >= 0.3 is 0 Å². The molecule has 0 aliphatic carbocycles. The number of aromatic nitrogens is 1. The van der Waals surface area contributed by atoms with E-state index in [1.807, 2.05) is 18.3 Å². The Morgan fingerprint density at radius 2 is 1.70 bits per heavy atom. The molecule has 0 unspecified atom stereocenters. The van der Waals surface area contributed by atoms with Crippen LogP contribution in [-0.4, -0.2) is 12.0 Å². The van der Waals surface area contributed by atoms with Crippen LogP contribution in [0.15, 0.2) is 42.6 Å². The van der Waals surface area contributed by atoms with Gasteiger partial charge < -0.3 is 10.6 Å². The summed E-state index contributed by atoms with van der Waals surface area (Å²) < 4.78 is 0. The Hall–Kier alpha value is -2.03. The number of hydrogen-bond donors (Lipinski definition) is 1. The number of rotatable bonds is 3. The lowest BCUT2D eigenvalue weighted by molar-refractivity contribution is 0.587. The number of hydrogen-bond acceptors (Lipinski definition) is 3. The van der Waals surface area contributed by atoms with E-state index >= 15 is 0 Å². The van der Waals surface area contributed by atoms with Crippen LogP contribution in [0.1, 0.15) is 31.9 Å². The van der Waals surface area contributed by atoms with Crippen LogP contribution in [0.2, 0.25) is 0 Å². The van der Waals surface area contributed by atoms with E-state index in [1.165, 1.54) is 11.1 Å². The predicted molar refractivity (Wildman–Crippen MR) is 85.9 cm³/mol. The highest BCUT2D eigenvalue weighted by Crippen LogP contribution is 2.23. The number of pyridine rings is 1. The summed E-state index contributed by atoms with van der Waals surface area (Å²) in [4.78, 5) is 6.70. The standard InChI is InChI=1S/C17H23N3/c1-17(2,3)14-7-10-16(19-11-14)20(4)12-13-5-8-15(18)9-6-13/h5-11H,12,18H2,1-4H3. The van der Waals surface area contributed by atoms with E-state index in [4.69, 9.17) is 5.73 Å². The molecule has 0 radical (unpaired) electrons. The topological polar surface area (TPSA) is 42.1 Å². The van der Waals surface area contributed by atoms with Crippen molar-refractivity contribution in [2.24, 2.45) is 0 Å². The average molecular weight is 269 g/mol. The van der Waals surface area contributed by atoms with Crippen LogP contribution >= 0.6 is 0 Å². The smallest absolute Gasteiger partial charge is 0.128 e. The van der Waals surface area contributed by atoms with Crippen molar-refractivity contribution in [2.45, 2.75) is 32.7 Å². The summed E-state index contributed by atoms with van der Waals surface area (Å²) in [6, 6.07) is 12.2. The van der Waals surface area contributed by atoms with Gasteiger partial charge in [-0.1, -0.05) is 39.0 Å². The molecule has 20 heavy (non-hydrogen) atoms. The molecule has 2 rings (SSSR count). The summed E-state index contributed by atoms with van der Waals surface area (Å²) in [7, 11) is 2.05. The lowest BCUT2D eigenvalue weighted by atomic mass is 9.88. The monoisotopic (exact) mass is 269 g/mol. The van der Waals surface area contributed by atoms with Crippen molar-refractivity contribution in [3.8, 4) is 0 Å². The number of nitrogens with zero attached hydrogens (tertiary/aromatic N) is 2. The largest absolute Gasteiger partial charge is 0.399 e. The Bertz CT molecular complexity index is 550. The van der Waals surface area contributed by atoms with Gasteiger partial charge in [-0.3, -0.25) is 0 Å². The molecule has 0 bridgehead atoms. The molecule has 3 nitrogen and oxygen atoms in total. The first kappa shape index (κ1) is 14.4. The van der Waals surface area contributed by atoms with Crippen LogP contribution in [0.4, 0.5) is 11.5 Å². The second-order valence-electron chi connectivity index (χ2n) is 6.25. The van der Waals surface area contributed by atoms with Crippen molar-refractivity contribution in [1.29, 1.82) is 0 Å². The molecule has 3 heteroatoms. The quantitative estimate of drug-likeness (QED) is 0.866. The molecule has 106 valence electrons. The maximum absolute atomic E-state index is 5.70. The first-order chi connectivity index (χ1) is 9.36. The van der Waals surface area contributed by atoms with Crippen LogP contribution in [0.3, 0.4) is 0 Å². The van der Waals surface area contributed by atoms with E-state index in [9.17, 15) is 0 Å². The minimum Gasteiger partial charge on any atom is -0.399 e. The Balaban J connectivity index is 2.09. The molecule has 0 aliphatic rings. The molecule has 0 fully saturated rings. The van der Waals surface area contributed by atoms with Crippen LogP contribution < -0.4 is 10.6 Å². The van der Waals surface area contributed by atoms with E-state index in [0.717, 1.165) is 18.1 Å². The molecule has 0 aliphatic heterocycles. The summed E-state index contributed by atoms with van der Waals surface area (Å²) in [6.45, 7) is 7.41. The molecule has 1 heterocycles. The van der Waals surface area contributed by atoms with Crippen molar-refractivity contribution in [1.82, 2.24) is 4.98 Å². The summed E-state index contributed by atoms with van der Waals surface area (Å²) in [5.41, 5.74) is 9.11. The molecule has 0 atom stereocenters. The fourth-order valence-corrected chi connectivity index (χ4v) is 2.03. The average Bonchev–Trinajstić information content (AvgIpc) is 2.40. The fraction of sp³-hybridized carbons (Fsp3) is 0.353. The third kappa shape index (κ3) is 3.50. The molecular weight excluding hydrogens is 246 g/mol. The van der Waals surface area contributed by atoms with Gasteiger partial charge in [0.25, 0.3) is 0 Å². The summed E-state index contributed by atoms with van der Waals surface area (Å²) >= 11 is 0. The normalized spacial score (nSPS) is 11.4. The van der Waals surface area contributed by atoms with Gasteiger partial charge in [-0.15, -0.1) is 0 Å². The molecule has 0 saturated heterocycles. The first-order valence-electron chi connectivity index (χ1n) is 6.88. The van der Waals surface area contributed by atoms with E-state index in [0.29, 0.717) is 0 Å². The highest BCUT2D eigenvalue weighted by atomic mass is 15.2. The second-order valence-corrected chi connectivity index (χ2v) is 6.25. The zero-order valence-corrected chi connectivity index (χ0v) is 12.7. The van der Waals surface area contributed by atoms with Crippen LogP contribution in [0.5, 0.6) is 0 Å². The van der Waals surface area contributed by atoms with E-state index in [-0.39, 0.29) is 5.41 Å². The van der Waals surface area contributed by atoms with Crippen molar-refractivity contribution in [3.63, 3.8) is 0 Å². The zero-order valence-electron chi connectivity index (χ0n) is 12.7. The molecule has 1 aromatic heterocycles.